The third-order valence-electron chi connectivity index (χ3n) is 3.17. The smallest absolute Gasteiger partial charge is 0.273 e. The number of amides is 1. The van der Waals surface area contributed by atoms with Gasteiger partial charge in [-0.05, 0) is 37.6 Å². The summed E-state index contributed by atoms with van der Waals surface area (Å²) < 4.78 is 36.9. The Morgan fingerprint density at radius 2 is 2.38 bits per heavy atom. The van der Waals surface area contributed by atoms with Gasteiger partial charge in [-0.25, -0.2) is 13.1 Å². The highest BCUT2D eigenvalue weighted by atomic mass is 32.2. The summed E-state index contributed by atoms with van der Waals surface area (Å²) in [5, 5.41) is 1.64. The summed E-state index contributed by atoms with van der Waals surface area (Å²) in [6, 6.07) is 3.06. The Balaban J connectivity index is 1.82. The van der Waals surface area contributed by atoms with Crippen LogP contribution in [0.15, 0.2) is 21.7 Å². The number of carbonyl (C=O) groups is 1. The molecule has 0 aliphatic carbocycles. The van der Waals surface area contributed by atoms with Crippen molar-refractivity contribution in [3.63, 3.8) is 0 Å². The van der Waals surface area contributed by atoms with Crippen LogP contribution in [0.2, 0.25) is 0 Å². The van der Waals surface area contributed by atoms with E-state index in [1.807, 2.05) is 4.72 Å². The van der Waals surface area contributed by atoms with E-state index in [9.17, 15) is 13.2 Å². The molecule has 1 aromatic rings. The van der Waals surface area contributed by atoms with Gasteiger partial charge in [0.25, 0.3) is 15.9 Å². The summed E-state index contributed by atoms with van der Waals surface area (Å²) in [5.41, 5.74) is 0. The number of hydrogen-bond donors (Lipinski definition) is 1. The van der Waals surface area contributed by atoms with Crippen molar-refractivity contribution in [1.29, 1.82) is 0 Å². The molecule has 1 amide bonds. The zero-order chi connectivity index (χ0) is 15.3. The van der Waals surface area contributed by atoms with Gasteiger partial charge in [-0.2, -0.15) is 0 Å². The fourth-order valence-electron chi connectivity index (χ4n) is 1.95. The molecule has 0 spiro atoms. The van der Waals surface area contributed by atoms with E-state index in [1.54, 1.807) is 11.4 Å². The van der Waals surface area contributed by atoms with E-state index in [0.717, 1.165) is 30.6 Å². The lowest BCUT2D eigenvalue weighted by Gasteiger charge is -2.23. The summed E-state index contributed by atoms with van der Waals surface area (Å²) in [6.07, 6.45) is 2.18. The molecule has 6 nitrogen and oxygen atoms in total. The van der Waals surface area contributed by atoms with Gasteiger partial charge in [0.1, 0.15) is 10.3 Å². The number of thiophene rings is 1. The van der Waals surface area contributed by atoms with Gasteiger partial charge >= 0.3 is 0 Å². The van der Waals surface area contributed by atoms with Crippen LogP contribution in [0.5, 0.6) is 0 Å². The van der Waals surface area contributed by atoms with Crippen LogP contribution in [0, 0.1) is 0 Å². The van der Waals surface area contributed by atoms with E-state index >= 15 is 0 Å². The fraction of sp³-hybridized carbons (Fsp3) is 0.615. The average molecular weight is 333 g/mol. The first kappa shape index (κ1) is 16.4. The maximum atomic E-state index is 11.9. The van der Waals surface area contributed by atoms with Gasteiger partial charge in [0.2, 0.25) is 0 Å². The van der Waals surface area contributed by atoms with Crippen molar-refractivity contribution in [2.45, 2.75) is 42.6 Å². The molecule has 1 aromatic heterocycles. The molecule has 0 radical (unpaired) electrons. The van der Waals surface area contributed by atoms with Crippen LogP contribution in [0.3, 0.4) is 0 Å². The van der Waals surface area contributed by atoms with E-state index in [0.29, 0.717) is 13.2 Å². The molecular weight excluding hydrogens is 314 g/mol. The zero-order valence-electron chi connectivity index (χ0n) is 11.8. The van der Waals surface area contributed by atoms with Gasteiger partial charge in [0.15, 0.2) is 0 Å². The Kier molecular flexibility index (Phi) is 5.74. The second kappa shape index (κ2) is 7.35. The summed E-state index contributed by atoms with van der Waals surface area (Å²) in [4.78, 5) is 11.9. The van der Waals surface area contributed by atoms with Crippen molar-refractivity contribution in [2.24, 2.45) is 0 Å². The van der Waals surface area contributed by atoms with E-state index in [1.165, 1.54) is 13.0 Å². The lowest BCUT2D eigenvalue weighted by Crippen LogP contribution is -2.39. The molecule has 2 heterocycles. The van der Waals surface area contributed by atoms with Gasteiger partial charge in [0, 0.05) is 6.61 Å². The molecule has 0 aromatic carbocycles. The molecular formula is C13H19NO5S2. The van der Waals surface area contributed by atoms with Gasteiger partial charge < -0.3 is 9.47 Å². The zero-order valence-corrected chi connectivity index (χ0v) is 13.4. The number of rotatable bonds is 6. The monoisotopic (exact) mass is 333 g/mol. The minimum atomic E-state index is -3.80. The van der Waals surface area contributed by atoms with Crippen LogP contribution in [0.25, 0.3) is 0 Å². The maximum Gasteiger partial charge on any atom is 0.273 e. The van der Waals surface area contributed by atoms with E-state index in [-0.39, 0.29) is 10.3 Å². The standard InChI is InChI=1S/C13H19NO5S2/c1-10(19-9-11-5-2-3-7-18-11)13(15)14-21(16,17)12-6-4-8-20-12/h4,6,8,10-11H,2-3,5,7,9H2,1H3,(H,14,15)/t10-,11-/m0/s1. The van der Waals surface area contributed by atoms with Crippen molar-refractivity contribution < 1.29 is 22.7 Å². The molecule has 8 heteroatoms. The normalized spacial score (nSPS) is 20.9. The molecule has 0 saturated carbocycles. The summed E-state index contributed by atoms with van der Waals surface area (Å²) in [5.74, 6) is -0.667. The Labute approximate surface area is 128 Å². The van der Waals surface area contributed by atoms with Gasteiger partial charge in [-0.15, -0.1) is 11.3 Å². The molecule has 1 aliphatic heterocycles. The second-order valence-electron chi connectivity index (χ2n) is 4.87. The minimum Gasteiger partial charge on any atom is -0.376 e. The van der Waals surface area contributed by atoms with Gasteiger partial charge in [0.05, 0.1) is 12.7 Å². The highest BCUT2D eigenvalue weighted by molar-refractivity contribution is 7.92. The Bertz CT molecular complexity index is 549. The number of ether oxygens (including phenoxy) is 2. The van der Waals surface area contributed by atoms with Crippen LogP contribution >= 0.6 is 11.3 Å². The lowest BCUT2D eigenvalue weighted by molar-refractivity contribution is -0.133. The molecule has 1 aliphatic rings. The van der Waals surface area contributed by atoms with Gasteiger partial charge in [-0.1, -0.05) is 6.07 Å². The summed E-state index contributed by atoms with van der Waals surface area (Å²) in [6.45, 7) is 2.54. The molecule has 2 atom stereocenters. The largest absolute Gasteiger partial charge is 0.376 e. The Morgan fingerprint density at radius 3 is 3.00 bits per heavy atom. The van der Waals surface area contributed by atoms with Crippen molar-refractivity contribution in [3.8, 4) is 0 Å². The predicted molar refractivity (Wildman–Crippen MR) is 78.7 cm³/mol. The second-order valence-corrected chi connectivity index (χ2v) is 7.72. The first-order valence-corrected chi connectivity index (χ1v) is 9.18. The lowest BCUT2D eigenvalue weighted by atomic mass is 10.1. The molecule has 1 N–H and O–H groups in total. The predicted octanol–water partition coefficient (Wildman–Crippen LogP) is 1.53. The SMILES string of the molecule is C[C@H](OC[C@@H]1CCCCO1)C(=O)NS(=O)(=O)c1cccs1. The van der Waals surface area contributed by atoms with E-state index in [2.05, 4.69) is 0 Å². The van der Waals surface area contributed by atoms with E-state index in [4.69, 9.17) is 9.47 Å². The molecule has 0 bridgehead atoms. The minimum absolute atomic E-state index is 0.0112. The number of nitrogens with one attached hydrogen (secondary N) is 1. The van der Waals surface area contributed by atoms with Crippen LogP contribution in [-0.2, 0) is 24.3 Å². The van der Waals surface area contributed by atoms with Crippen LogP contribution in [0.4, 0.5) is 0 Å². The van der Waals surface area contributed by atoms with Crippen molar-refractivity contribution in [3.05, 3.63) is 17.5 Å². The molecule has 2 rings (SSSR count). The molecule has 1 saturated heterocycles. The highest BCUT2D eigenvalue weighted by Gasteiger charge is 2.24. The molecule has 1 fully saturated rings. The van der Waals surface area contributed by atoms with E-state index < -0.39 is 22.0 Å². The van der Waals surface area contributed by atoms with Crippen molar-refractivity contribution in [2.75, 3.05) is 13.2 Å². The van der Waals surface area contributed by atoms with Crippen molar-refractivity contribution in [1.82, 2.24) is 4.72 Å². The average Bonchev–Trinajstić information content (AvgIpc) is 3.00. The number of hydrogen-bond acceptors (Lipinski definition) is 6. The Hall–Kier alpha value is -0.960. The third kappa shape index (κ3) is 4.77. The van der Waals surface area contributed by atoms with Gasteiger partial charge in [-0.3, -0.25) is 4.79 Å². The van der Waals surface area contributed by atoms with Crippen LogP contribution in [0.1, 0.15) is 26.2 Å². The number of sulfonamides is 1. The first-order chi connectivity index (χ1) is 9.99. The quantitative estimate of drug-likeness (QED) is 0.854. The Morgan fingerprint density at radius 1 is 1.57 bits per heavy atom. The summed E-state index contributed by atoms with van der Waals surface area (Å²) in [7, 11) is -3.80. The molecule has 21 heavy (non-hydrogen) atoms. The molecule has 0 unspecified atom stereocenters. The van der Waals surface area contributed by atoms with Crippen molar-refractivity contribution >= 4 is 27.3 Å². The molecule has 118 valence electrons. The van der Waals surface area contributed by atoms with Crippen LogP contribution in [-0.4, -0.2) is 39.7 Å². The first-order valence-electron chi connectivity index (χ1n) is 6.82. The summed E-state index contributed by atoms with van der Waals surface area (Å²) >= 11 is 1.06. The third-order valence-corrected chi connectivity index (χ3v) is 5.91. The topological polar surface area (TPSA) is 81.7 Å². The fourth-order valence-corrected chi connectivity index (χ4v) is 3.98. The maximum absolute atomic E-state index is 11.9. The van der Waals surface area contributed by atoms with Crippen LogP contribution < -0.4 is 4.72 Å². The highest BCUT2D eigenvalue weighted by Crippen LogP contribution is 2.16. The number of carbonyl (C=O) groups excluding carboxylic acids is 1.